The van der Waals surface area contributed by atoms with Crippen molar-refractivity contribution in [2.24, 2.45) is 0 Å². The molecule has 0 aliphatic carbocycles. The van der Waals surface area contributed by atoms with E-state index in [0.29, 0.717) is 22.5 Å². The highest BCUT2D eigenvalue weighted by molar-refractivity contribution is 6.33. The zero-order valence-corrected chi connectivity index (χ0v) is 16.1. The molecular formula is C20H20ClN5O. The van der Waals surface area contributed by atoms with Crippen molar-refractivity contribution in [2.75, 3.05) is 16.0 Å². The zero-order chi connectivity index (χ0) is 19.4. The Morgan fingerprint density at radius 2 is 1.81 bits per heavy atom. The number of aromatic nitrogens is 2. The Morgan fingerprint density at radius 1 is 1.04 bits per heavy atom. The summed E-state index contributed by atoms with van der Waals surface area (Å²) in [5.74, 6) is 0.936. The topological polar surface area (TPSA) is 78.9 Å². The van der Waals surface area contributed by atoms with Gasteiger partial charge in [-0.2, -0.15) is 4.98 Å². The van der Waals surface area contributed by atoms with E-state index < -0.39 is 0 Å². The van der Waals surface area contributed by atoms with E-state index in [0.717, 1.165) is 22.5 Å². The first-order valence-corrected chi connectivity index (χ1v) is 8.80. The highest BCUT2D eigenvalue weighted by Gasteiger charge is 2.08. The van der Waals surface area contributed by atoms with Gasteiger partial charge in [-0.1, -0.05) is 23.7 Å². The van der Waals surface area contributed by atoms with Gasteiger partial charge in [0.05, 0.1) is 10.7 Å². The van der Waals surface area contributed by atoms with Gasteiger partial charge >= 0.3 is 0 Å². The highest BCUT2D eigenvalue weighted by atomic mass is 35.5. The molecule has 0 aliphatic heterocycles. The summed E-state index contributed by atoms with van der Waals surface area (Å²) in [4.78, 5) is 19.9. The number of aryl methyl sites for hydroxylation is 2. The van der Waals surface area contributed by atoms with Gasteiger partial charge in [-0.3, -0.25) is 4.79 Å². The third kappa shape index (κ3) is 4.95. The number of halogens is 1. The summed E-state index contributed by atoms with van der Waals surface area (Å²) >= 11 is 6.35. The Kier molecular flexibility index (Phi) is 5.57. The smallest absolute Gasteiger partial charge is 0.229 e. The minimum atomic E-state index is -0.119. The molecule has 6 nitrogen and oxygen atoms in total. The minimum Gasteiger partial charge on any atom is -0.340 e. The van der Waals surface area contributed by atoms with E-state index in [4.69, 9.17) is 11.6 Å². The summed E-state index contributed by atoms with van der Waals surface area (Å²) in [6.45, 7) is 5.45. The molecule has 0 saturated carbocycles. The summed E-state index contributed by atoms with van der Waals surface area (Å²) in [6.07, 6.45) is 1.66. The SMILES string of the molecule is CC(=O)Nc1cccc(Nc2ccnc(Nc3c(C)cc(C)cc3Cl)n2)c1. The normalized spacial score (nSPS) is 10.4. The summed E-state index contributed by atoms with van der Waals surface area (Å²) in [5.41, 5.74) is 4.41. The van der Waals surface area contributed by atoms with Crippen molar-refractivity contribution in [3.63, 3.8) is 0 Å². The van der Waals surface area contributed by atoms with Crippen LogP contribution in [-0.4, -0.2) is 15.9 Å². The van der Waals surface area contributed by atoms with Crippen molar-refractivity contribution in [3.05, 3.63) is 64.8 Å². The van der Waals surface area contributed by atoms with Gasteiger partial charge in [0, 0.05) is 24.5 Å². The van der Waals surface area contributed by atoms with Gasteiger partial charge in [0.15, 0.2) is 0 Å². The largest absolute Gasteiger partial charge is 0.340 e. The second kappa shape index (κ2) is 8.05. The van der Waals surface area contributed by atoms with E-state index in [9.17, 15) is 4.79 Å². The molecule has 0 bridgehead atoms. The third-order valence-electron chi connectivity index (χ3n) is 3.78. The van der Waals surface area contributed by atoms with Crippen LogP contribution < -0.4 is 16.0 Å². The molecule has 0 atom stereocenters. The fourth-order valence-corrected chi connectivity index (χ4v) is 3.07. The maximum Gasteiger partial charge on any atom is 0.229 e. The predicted octanol–water partition coefficient (Wildman–Crippen LogP) is 5.19. The summed E-state index contributed by atoms with van der Waals surface area (Å²) < 4.78 is 0. The molecule has 0 fully saturated rings. The molecule has 0 aliphatic rings. The maximum absolute atomic E-state index is 11.2. The molecule has 3 aromatic rings. The summed E-state index contributed by atoms with van der Waals surface area (Å²) in [5, 5.41) is 9.76. The average molecular weight is 382 g/mol. The number of hydrogen-bond donors (Lipinski definition) is 3. The van der Waals surface area contributed by atoms with Crippen LogP contribution in [-0.2, 0) is 4.79 Å². The van der Waals surface area contributed by atoms with E-state index in [1.54, 1.807) is 12.3 Å². The van der Waals surface area contributed by atoms with Crippen LogP contribution in [0.4, 0.5) is 28.8 Å². The van der Waals surface area contributed by atoms with Crippen LogP contribution >= 0.6 is 11.6 Å². The van der Waals surface area contributed by atoms with Crippen molar-refractivity contribution in [1.82, 2.24) is 9.97 Å². The van der Waals surface area contributed by atoms with Crippen LogP contribution in [0, 0.1) is 13.8 Å². The number of benzene rings is 2. The molecule has 1 heterocycles. The van der Waals surface area contributed by atoms with Crippen LogP contribution in [0.2, 0.25) is 5.02 Å². The predicted molar refractivity (Wildman–Crippen MR) is 110 cm³/mol. The van der Waals surface area contributed by atoms with Gasteiger partial charge in [0.2, 0.25) is 11.9 Å². The zero-order valence-electron chi connectivity index (χ0n) is 15.3. The van der Waals surface area contributed by atoms with E-state index in [1.807, 2.05) is 50.2 Å². The van der Waals surface area contributed by atoms with Gasteiger partial charge in [-0.15, -0.1) is 0 Å². The van der Waals surface area contributed by atoms with Crippen LogP contribution in [0.1, 0.15) is 18.1 Å². The van der Waals surface area contributed by atoms with Gasteiger partial charge in [-0.25, -0.2) is 4.98 Å². The molecule has 2 aromatic carbocycles. The molecule has 0 unspecified atom stereocenters. The molecule has 7 heteroatoms. The van der Waals surface area contributed by atoms with Gasteiger partial charge in [-0.05, 0) is 55.3 Å². The first-order chi connectivity index (χ1) is 12.9. The third-order valence-corrected chi connectivity index (χ3v) is 4.08. The van der Waals surface area contributed by atoms with E-state index in [1.165, 1.54) is 6.92 Å². The van der Waals surface area contributed by atoms with Crippen molar-refractivity contribution >= 4 is 46.3 Å². The van der Waals surface area contributed by atoms with Crippen molar-refractivity contribution in [3.8, 4) is 0 Å². The molecule has 3 rings (SSSR count). The van der Waals surface area contributed by atoms with Gasteiger partial charge < -0.3 is 16.0 Å². The second-order valence-electron chi connectivity index (χ2n) is 6.22. The number of nitrogens with zero attached hydrogens (tertiary/aromatic N) is 2. The number of nitrogens with one attached hydrogen (secondary N) is 3. The number of amides is 1. The lowest BCUT2D eigenvalue weighted by Crippen LogP contribution is -2.06. The fraction of sp³-hybridized carbons (Fsp3) is 0.150. The summed E-state index contributed by atoms with van der Waals surface area (Å²) in [6, 6.07) is 13.1. The second-order valence-corrected chi connectivity index (χ2v) is 6.62. The molecular weight excluding hydrogens is 362 g/mol. The highest BCUT2D eigenvalue weighted by Crippen LogP contribution is 2.29. The van der Waals surface area contributed by atoms with Gasteiger partial charge in [0.25, 0.3) is 0 Å². The van der Waals surface area contributed by atoms with Crippen LogP contribution in [0.5, 0.6) is 0 Å². The number of carbonyl (C=O) groups excluding carboxylic acids is 1. The molecule has 0 spiro atoms. The Morgan fingerprint density at radius 3 is 2.56 bits per heavy atom. The number of carbonyl (C=O) groups is 1. The Balaban J connectivity index is 1.79. The molecule has 138 valence electrons. The van der Waals surface area contributed by atoms with Gasteiger partial charge in [0.1, 0.15) is 5.82 Å². The van der Waals surface area contributed by atoms with Crippen LogP contribution in [0.25, 0.3) is 0 Å². The fourth-order valence-electron chi connectivity index (χ4n) is 2.70. The number of hydrogen-bond acceptors (Lipinski definition) is 5. The number of anilines is 5. The molecule has 0 radical (unpaired) electrons. The lowest BCUT2D eigenvalue weighted by atomic mass is 10.1. The maximum atomic E-state index is 11.2. The molecule has 1 amide bonds. The van der Waals surface area contributed by atoms with Crippen molar-refractivity contribution in [2.45, 2.75) is 20.8 Å². The molecule has 3 N–H and O–H groups in total. The van der Waals surface area contributed by atoms with Crippen molar-refractivity contribution in [1.29, 1.82) is 0 Å². The first kappa shape index (κ1) is 18.7. The number of rotatable bonds is 5. The quantitative estimate of drug-likeness (QED) is 0.566. The first-order valence-electron chi connectivity index (χ1n) is 8.42. The van der Waals surface area contributed by atoms with Crippen LogP contribution in [0.3, 0.4) is 0 Å². The van der Waals surface area contributed by atoms with Crippen LogP contribution in [0.15, 0.2) is 48.7 Å². The molecule has 27 heavy (non-hydrogen) atoms. The summed E-state index contributed by atoms with van der Waals surface area (Å²) in [7, 11) is 0. The monoisotopic (exact) mass is 381 g/mol. The molecule has 1 aromatic heterocycles. The van der Waals surface area contributed by atoms with E-state index in [-0.39, 0.29) is 5.91 Å². The Hall–Kier alpha value is -3.12. The van der Waals surface area contributed by atoms with E-state index >= 15 is 0 Å². The lowest BCUT2D eigenvalue weighted by Gasteiger charge is -2.13. The van der Waals surface area contributed by atoms with E-state index in [2.05, 4.69) is 25.9 Å². The lowest BCUT2D eigenvalue weighted by molar-refractivity contribution is -0.114. The Labute approximate surface area is 163 Å². The standard InChI is InChI=1S/C20H20ClN5O/c1-12-9-13(2)19(17(21)10-12)26-20-22-8-7-18(25-20)24-16-6-4-5-15(11-16)23-14(3)27/h4-11H,1-3H3,(H,23,27)(H2,22,24,25,26). The average Bonchev–Trinajstić information content (AvgIpc) is 2.58. The minimum absolute atomic E-state index is 0.119. The Bertz CT molecular complexity index is 967. The van der Waals surface area contributed by atoms with Crippen molar-refractivity contribution < 1.29 is 4.79 Å². The molecule has 0 saturated heterocycles.